The Labute approximate surface area is 232 Å². The molecule has 0 aliphatic carbocycles. The predicted molar refractivity (Wildman–Crippen MR) is 152 cm³/mol. The van der Waals surface area contributed by atoms with Gasteiger partial charge in [-0.05, 0) is 60.7 Å². The van der Waals surface area contributed by atoms with Crippen LogP contribution >= 0.6 is 23.5 Å². The van der Waals surface area contributed by atoms with Crippen LogP contribution in [0.2, 0.25) is 0 Å². The van der Waals surface area contributed by atoms with Gasteiger partial charge in [0.05, 0.1) is 52.4 Å². The van der Waals surface area contributed by atoms with E-state index in [0.29, 0.717) is 23.0 Å². The fourth-order valence-electron chi connectivity index (χ4n) is 3.90. The molecule has 198 valence electrons. The minimum Gasteiger partial charge on any atom is -0.497 e. The molecule has 0 aliphatic heterocycles. The number of ether oxygens (including phenoxy) is 6. The van der Waals surface area contributed by atoms with Crippen molar-refractivity contribution >= 4 is 23.5 Å². The molecule has 4 aromatic carbocycles. The molecule has 0 aromatic heterocycles. The van der Waals surface area contributed by atoms with Crippen LogP contribution in [-0.4, -0.2) is 42.7 Å². The molecule has 0 amide bonds. The van der Waals surface area contributed by atoms with Gasteiger partial charge in [0.1, 0.15) is 34.5 Å². The van der Waals surface area contributed by atoms with Crippen molar-refractivity contribution in [3.63, 3.8) is 0 Å². The Bertz CT molecular complexity index is 1300. The normalized spacial score (nSPS) is 10.6. The van der Waals surface area contributed by atoms with E-state index in [4.69, 9.17) is 28.4 Å². The maximum absolute atomic E-state index is 5.84. The number of benzene rings is 4. The van der Waals surface area contributed by atoms with E-state index >= 15 is 0 Å². The Morgan fingerprint density at radius 1 is 0.421 bits per heavy atom. The zero-order valence-electron chi connectivity index (χ0n) is 22.2. The highest BCUT2D eigenvalue weighted by Crippen LogP contribution is 2.48. The maximum atomic E-state index is 5.84. The van der Waals surface area contributed by atoms with Gasteiger partial charge in [-0.1, -0.05) is 35.7 Å². The second kappa shape index (κ2) is 12.8. The van der Waals surface area contributed by atoms with Gasteiger partial charge in [-0.2, -0.15) is 0 Å². The summed E-state index contributed by atoms with van der Waals surface area (Å²) in [7, 11) is 9.94. The first-order valence-electron chi connectivity index (χ1n) is 11.7. The van der Waals surface area contributed by atoms with Crippen molar-refractivity contribution in [3.05, 3.63) is 72.8 Å². The molecule has 0 fully saturated rings. The molecule has 0 saturated carbocycles. The quantitative estimate of drug-likeness (QED) is 0.188. The van der Waals surface area contributed by atoms with Crippen LogP contribution < -0.4 is 28.4 Å². The fraction of sp³-hybridized carbons (Fsp3) is 0.200. The minimum atomic E-state index is 0.685. The molecule has 4 rings (SSSR count). The number of hydrogen-bond donors (Lipinski definition) is 0. The SMILES string of the molecule is COc1cccc(Sc2cc(OC)c(-c3cc(OC)c(Sc4cccc(OC)c4)cc3OC)cc2OC)c1. The fourth-order valence-corrected chi connectivity index (χ4v) is 5.87. The third kappa shape index (κ3) is 6.09. The van der Waals surface area contributed by atoms with Crippen molar-refractivity contribution in [3.8, 4) is 45.6 Å². The Balaban J connectivity index is 1.76. The summed E-state index contributed by atoms with van der Waals surface area (Å²) in [6, 6.07) is 23.7. The summed E-state index contributed by atoms with van der Waals surface area (Å²) in [6.07, 6.45) is 0. The van der Waals surface area contributed by atoms with E-state index < -0.39 is 0 Å². The first-order valence-corrected chi connectivity index (χ1v) is 13.3. The molecule has 0 heterocycles. The van der Waals surface area contributed by atoms with E-state index in [-0.39, 0.29) is 0 Å². The topological polar surface area (TPSA) is 55.4 Å². The van der Waals surface area contributed by atoms with Crippen LogP contribution in [0.1, 0.15) is 0 Å². The first-order chi connectivity index (χ1) is 18.5. The van der Waals surface area contributed by atoms with E-state index in [1.165, 1.54) is 0 Å². The highest BCUT2D eigenvalue weighted by Gasteiger charge is 2.20. The summed E-state index contributed by atoms with van der Waals surface area (Å²) in [5, 5.41) is 0. The molecule has 0 saturated heterocycles. The monoisotopic (exact) mass is 550 g/mol. The lowest BCUT2D eigenvalue weighted by molar-refractivity contribution is 0.391. The molecule has 4 aromatic rings. The zero-order valence-corrected chi connectivity index (χ0v) is 23.8. The van der Waals surface area contributed by atoms with Crippen LogP contribution in [0.5, 0.6) is 34.5 Å². The van der Waals surface area contributed by atoms with Crippen molar-refractivity contribution in [2.45, 2.75) is 19.6 Å². The summed E-state index contributed by atoms with van der Waals surface area (Å²) < 4.78 is 34.0. The zero-order chi connectivity index (χ0) is 27.1. The molecular formula is C30H30O6S2. The molecule has 8 heteroatoms. The number of rotatable bonds is 11. The molecule has 38 heavy (non-hydrogen) atoms. The van der Waals surface area contributed by atoms with Gasteiger partial charge < -0.3 is 28.4 Å². The van der Waals surface area contributed by atoms with Crippen LogP contribution in [0.3, 0.4) is 0 Å². The van der Waals surface area contributed by atoms with E-state index in [1.807, 2.05) is 72.8 Å². The molecule has 0 aliphatic rings. The molecule has 0 radical (unpaired) electrons. The third-order valence-electron chi connectivity index (χ3n) is 5.80. The van der Waals surface area contributed by atoms with Crippen molar-refractivity contribution in [2.24, 2.45) is 0 Å². The summed E-state index contributed by atoms with van der Waals surface area (Å²) in [5.41, 5.74) is 1.65. The van der Waals surface area contributed by atoms with Gasteiger partial charge in [0.2, 0.25) is 0 Å². The summed E-state index contributed by atoms with van der Waals surface area (Å²) in [4.78, 5) is 3.88. The van der Waals surface area contributed by atoms with E-state index in [1.54, 1.807) is 66.2 Å². The van der Waals surface area contributed by atoms with Gasteiger partial charge in [-0.25, -0.2) is 0 Å². The summed E-state index contributed by atoms with van der Waals surface area (Å²) >= 11 is 3.14. The standard InChI is InChI=1S/C30H30O6S2/c1-31-19-9-7-11-21(13-19)37-29-17-25(33-3)23(15-27(29)35-5)24-16-28(36-6)30(18-26(24)34-4)38-22-12-8-10-20(14-22)32-2/h7-18H,1-6H3. The minimum absolute atomic E-state index is 0.685. The van der Waals surface area contributed by atoms with Gasteiger partial charge >= 0.3 is 0 Å². The highest BCUT2D eigenvalue weighted by molar-refractivity contribution is 7.99. The predicted octanol–water partition coefficient (Wildman–Crippen LogP) is 7.71. The second-order valence-corrected chi connectivity index (χ2v) is 10.2. The third-order valence-corrected chi connectivity index (χ3v) is 7.86. The summed E-state index contributed by atoms with van der Waals surface area (Å²) in [6.45, 7) is 0. The Morgan fingerprint density at radius 3 is 1.16 bits per heavy atom. The largest absolute Gasteiger partial charge is 0.497 e. The van der Waals surface area contributed by atoms with Crippen LogP contribution in [-0.2, 0) is 0 Å². The van der Waals surface area contributed by atoms with Gasteiger partial charge in [-0.3, -0.25) is 0 Å². The number of hydrogen-bond acceptors (Lipinski definition) is 8. The molecule has 0 atom stereocenters. The lowest BCUT2D eigenvalue weighted by Crippen LogP contribution is -1.97. The van der Waals surface area contributed by atoms with E-state index in [2.05, 4.69) is 0 Å². The Hall–Kier alpha value is -3.62. The van der Waals surface area contributed by atoms with Crippen LogP contribution in [0.4, 0.5) is 0 Å². The van der Waals surface area contributed by atoms with Gasteiger partial charge in [0.25, 0.3) is 0 Å². The molecule has 0 spiro atoms. The summed E-state index contributed by atoms with van der Waals surface area (Å²) in [5.74, 6) is 4.38. The van der Waals surface area contributed by atoms with Crippen molar-refractivity contribution < 1.29 is 28.4 Å². The smallest absolute Gasteiger partial charge is 0.133 e. The molecule has 0 N–H and O–H groups in total. The average Bonchev–Trinajstić information content (AvgIpc) is 2.96. The van der Waals surface area contributed by atoms with Crippen LogP contribution in [0.25, 0.3) is 11.1 Å². The van der Waals surface area contributed by atoms with Gasteiger partial charge in [0, 0.05) is 20.9 Å². The maximum Gasteiger partial charge on any atom is 0.133 e. The number of methoxy groups -OCH3 is 6. The Morgan fingerprint density at radius 2 is 0.816 bits per heavy atom. The van der Waals surface area contributed by atoms with Gasteiger partial charge in [0.15, 0.2) is 0 Å². The van der Waals surface area contributed by atoms with Crippen molar-refractivity contribution in [1.82, 2.24) is 0 Å². The molecule has 0 unspecified atom stereocenters. The molecule has 6 nitrogen and oxygen atoms in total. The van der Waals surface area contributed by atoms with Gasteiger partial charge in [-0.15, -0.1) is 0 Å². The van der Waals surface area contributed by atoms with Crippen molar-refractivity contribution in [1.29, 1.82) is 0 Å². The second-order valence-electron chi connectivity index (χ2n) is 7.97. The lowest BCUT2D eigenvalue weighted by atomic mass is 10.0. The van der Waals surface area contributed by atoms with E-state index in [0.717, 1.165) is 42.2 Å². The average molecular weight is 551 g/mol. The highest BCUT2D eigenvalue weighted by atomic mass is 32.2. The molecular weight excluding hydrogens is 520 g/mol. The Kier molecular flexibility index (Phi) is 9.20. The van der Waals surface area contributed by atoms with Crippen LogP contribution in [0.15, 0.2) is 92.4 Å². The molecule has 0 bridgehead atoms. The first kappa shape index (κ1) is 27.4. The van der Waals surface area contributed by atoms with Crippen LogP contribution in [0, 0.1) is 0 Å². The van der Waals surface area contributed by atoms with E-state index in [9.17, 15) is 0 Å². The van der Waals surface area contributed by atoms with Crippen molar-refractivity contribution in [2.75, 3.05) is 42.7 Å². The lowest BCUT2D eigenvalue weighted by Gasteiger charge is -2.19.